The molecule has 0 N–H and O–H groups in total. The Kier molecular flexibility index (Phi) is 6.85. The second-order valence-electron chi connectivity index (χ2n) is 5.55. The minimum absolute atomic E-state index is 0.242. The average molecular weight is 348 g/mol. The lowest BCUT2D eigenvalue weighted by Gasteiger charge is -2.11. The van der Waals surface area contributed by atoms with Crippen molar-refractivity contribution in [3.63, 3.8) is 0 Å². The third kappa shape index (κ3) is 3.75. The minimum atomic E-state index is -0.242. The molecule has 0 spiro atoms. The average Bonchev–Trinajstić information content (AvgIpc) is 2.71. The molecule has 4 aromatic rings. The largest absolute Gasteiger partial charge is 0.359 e. The van der Waals surface area contributed by atoms with Crippen LogP contribution in [0.2, 0.25) is 0 Å². The van der Waals surface area contributed by atoms with Gasteiger partial charge in [0.05, 0.1) is 0 Å². The van der Waals surface area contributed by atoms with E-state index < -0.39 is 0 Å². The molecule has 0 bridgehead atoms. The molecule has 0 amide bonds. The van der Waals surface area contributed by atoms with Gasteiger partial charge in [0, 0.05) is 17.2 Å². The summed E-state index contributed by atoms with van der Waals surface area (Å²) in [4.78, 5) is 0. The molecular weight excluding hydrogens is 321 g/mol. The van der Waals surface area contributed by atoms with Gasteiger partial charge < -0.3 is 0 Å². The number of aromatic nitrogens is 1. The van der Waals surface area contributed by atoms with Crippen LogP contribution >= 0.6 is 0 Å². The lowest BCUT2D eigenvalue weighted by molar-refractivity contribution is -0.699. The fourth-order valence-electron chi connectivity index (χ4n) is 3.06. The summed E-state index contributed by atoms with van der Waals surface area (Å²) in [7, 11) is 1.73. The Balaban J connectivity index is 0.000000570. The Labute approximate surface area is 155 Å². The molecule has 2 heteroatoms. The van der Waals surface area contributed by atoms with E-state index in [0.717, 1.165) is 11.1 Å². The molecule has 0 radical (unpaired) electrons. The van der Waals surface area contributed by atoms with Crippen LogP contribution < -0.4 is 4.57 Å². The molecule has 0 unspecified atom stereocenters. The highest BCUT2D eigenvalue weighted by Gasteiger charge is 2.13. The molecule has 0 aliphatic heterocycles. The summed E-state index contributed by atoms with van der Waals surface area (Å²) in [5.74, 6) is -0.242. The zero-order valence-corrected chi connectivity index (χ0v) is 16.3. The molecule has 1 heterocycles. The van der Waals surface area contributed by atoms with Crippen LogP contribution in [0.15, 0.2) is 72.9 Å². The van der Waals surface area contributed by atoms with Crippen LogP contribution in [0.4, 0.5) is 4.39 Å². The van der Waals surface area contributed by atoms with Gasteiger partial charge in [-0.1, -0.05) is 76.2 Å². The van der Waals surface area contributed by atoms with E-state index in [-0.39, 0.29) is 5.95 Å². The molecule has 0 saturated heterocycles. The molecule has 3 aromatic carbocycles. The number of hydrogen-bond donors (Lipinski definition) is 0. The third-order valence-electron chi connectivity index (χ3n) is 4.13. The van der Waals surface area contributed by atoms with E-state index in [1.807, 2.05) is 64.2 Å². The molecule has 0 atom stereocenters. The highest BCUT2D eigenvalue weighted by Crippen LogP contribution is 2.35. The number of nitrogens with zero attached hydrogens (tertiary/aromatic N) is 1. The fraction of sp³-hybridized carbons (Fsp3) is 0.208. The van der Waals surface area contributed by atoms with Crippen LogP contribution in [0.5, 0.6) is 0 Å². The molecule has 134 valence electrons. The smallest absolute Gasteiger partial charge is 0.176 e. The number of pyridine rings is 1. The van der Waals surface area contributed by atoms with E-state index >= 15 is 0 Å². The van der Waals surface area contributed by atoms with Gasteiger partial charge in [0.2, 0.25) is 0 Å². The molecule has 1 aromatic heterocycles. The van der Waals surface area contributed by atoms with Crippen LogP contribution in [0.3, 0.4) is 0 Å². The van der Waals surface area contributed by atoms with Gasteiger partial charge in [-0.25, -0.2) is 0 Å². The van der Waals surface area contributed by atoms with Crippen molar-refractivity contribution in [1.82, 2.24) is 0 Å². The van der Waals surface area contributed by atoms with Crippen LogP contribution in [0.25, 0.3) is 32.7 Å². The summed E-state index contributed by atoms with van der Waals surface area (Å²) in [6.07, 6.45) is 1.85. The van der Waals surface area contributed by atoms with Crippen molar-refractivity contribution < 1.29 is 8.96 Å². The van der Waals surface area contributed by atoms with E-state index in [1.54, 1.807) is 7.05 Å². The number of aryl methyl sites for hydroxylation is 1. The van der Waals surface area contributed by atoms with E-state index in [4.69, 9.17) is 0 Å². The second-order valence-corrected chi connectivity index (χ2v) is 5.55. The molecule has 26 heavy (non-hydrogen) atoms. The Morgan fingerprint density at radius 2 is 1.19 bits per heavy atom. The third-order valence-corrected chi connectivity index (χ3v) is 4.13. The zero-order valence-electron chi connectivity index (χ0n) is 16.3. The number of fused-ring (bicyclic) bond motifs is 2. The lowest BCUT2D eigenvalue weighted by Crippen LogP contribution is -2.32. The summed E-state index contributed by atoms with van der Waals surface area (Å²) in [5.41, 5.74) is 2.18. The van der Waals surface area contributed by atoms with Gasteiger partial charge in [0.1, 0.15) is 7.05 Å². The first kappa shape index (κ1) is 19.6. The Morgan fingerprint density at radius 1 is 0.692 bits per heavy atom. The highest BCUT2D eigenvalue weighted by molar-refractivity contribution is 6.12. The summed E-state index contributed by atoms with van der Waals surface area (Å²) < 4.78 is 15.1. The number of hydrogen-bond acceptors (Lipinski definition) is 0. The maximum atomic E-state index is 13.6. The monoisotopic (exact) mass is 348 g/mol. The SMILES string of the molecule is CC.CC.C[n+]1cc(-c2c3ccccc3cc3ccccc23)ccc1F. The summed E-state index contributed by atoms with van der Waals surface area (Å²) in [6.45, 7) is 8.00. The lowest BCUT2D eigenvalue weighted by atomic mass is 9.93. The maximum absolute atomic E-state index is 13.6. The van der Waals surface area contributed by atoms with Crippen LogP contribution in [0.1, 0.15) is 27.7 Å². The van der Waals surface area contributed by atoms with Gasteiger partial charge in [-0.05, 0) is 33.7 Å². The van der Waals surface area contributed by atoms with Crippen molar-refractivity contribution in [1.29, 1.82) is 0 Å². The first-order valence-corrected chi connectivity index (χ1v) is 9.30. The topological polar surface area (TPSA) is 3.88 Å². The van der Waals surface area contributed by atoms with Gasteiger partial charge >= 0.3 is 5.95 Å². The molecule has 0 aliphatic carbocycles. The van der Waals surface area contributed by atoms with Gasteiger partial charge in [0.15, 0.2) is 6.20 Å². The summed E-state index contributed by atoms with van der Waals surface area (Å²) >= 11 is 0. The molecule has 0 saturated carbocycles. The van der Waals surface area contributed by atoms with Crippen LogP contribution in [-0.2, 0) is 7.05 Å². The van der Waals surface area contributed by atoms with Gasteiger partial charge in [-0.3, -0.25) is 0 Å². The van der Waals surface area contributed by atoms with Crippen LogP contribution in [0, 0.1) is 5.95 Å². The second kappa shape index (κ2) is 9.10. The van der Waals surface area contributed by atoms with Gasteiger partial charge in [-0.15, -0.1) is 4.39 Å². The minimum Gasteiger partial charge on any atom is -0.176 e. The highest BCUT2D eigenvalue weighted by atomic mass is 19.1. The quantitative estimate of drug-likeness (QED) is 0.205. The Bertz CT molecular complexity index is 951. The maximum Gasteiger partial charge on any atom is 0.359 e. The Hall–Kier alpha value is -2.74. The normalized spacial score (nSPS) is 9.92. The predicted molar refractivity (Wildman–Crippen MR) is 111 cm³/mol. The fourth-order valence-corrected chi connectivity index (χ4v) is 3.06. The Morgan fingerprint density at radius 3 is 1.69 bits per heavy atom. The molecule has 0 fully saturated rings. The number of halogens is 1. The van der Waals surface area contributed by atoms with Crippen molar-refractivity contribution in [3.8, 4) is 11.1 Å². The van der Waals surface area contributed by atoms with Crippen molar-refractivity contribution >= 4 is 21.5 Å². The van der Waals surface area contributed by atoms with E-state index in [1.165, 1.54) is 32.2 Å². The summed E-state index contributed by atoms with van der Waals surface area (Å²) in [5, 5.41) is 4.77. The number of benzene rings is 3. The van der Waals surface area contributed by atoms with E-state index in [2.05, 4.69) is 30.3 Å². The first-order valence-electron chi connectivity index (χ1n) is 9.30. The van der Waals surface area contributed by atoms with Crippen molar-refractivity contribution in [2.24, 2.45) is 7.05 Å². The van der Waals surface area contributed by atoms with Crippen molar-refractivity contribution in [3.05, 3.63) is 78.9 Å². The molecule has 0 aliphatic rings. The summed E-state index contributed by atoms with van der Waals surface area (Å²) in [6, 6.07) is 22.3. The molecule has 4 rings (SSSR count). The van der Waals surface area contributed by atoms with Gasteiger partial charge in [-0.2, -0.15) is 4.57 Å². The molecular formula is C24H27FN+. The molecule has 1 nitrogen and oxygen atoms in total. The standard InChI is InChI=1S/C20H15FN.2C2H6/c1-22-13-16(10-11-19(22)21)20-17-8-4-2-6-14(17)12-15-7-3-5-9-18(15)20;2*1-2/h2-13H,1H3;2*1-2H3/q+1;;. The number of rotatable bonds is 1. The van der Waals surface area contributed by atoms with E-state index in [9.17, 15) is 4.39 Å². The van der Waals surface area contributed by atoms with E-state index in [0.29, 0.717) is 0 Å². The zero-order chi connectivity index (χ0) is 19.1. The van der Waals surface area contributed by atoms with Crippen LogP contribution in [-0.4, -0.2) is 0 Å². The first-order chi connectivity index (χ1) is 12.7. The predicted octanol–water partition coefficient (Wildman–Crippen LogP) is 6.68. The van der Waals surface area contributed by atoms with Gasteiger partial charge in [0.25, 0.3) is 0 Å². The van der Waals surface area contributed by atoms with Crippen molar-refractivity contribution in [2.75, 3.05) is 0 Å². The van der Waals surface area contributed by atoms with Crippen molar-refractivity contribution in [2.45, 2.75) is 27.7 Å².